The molecule has 0 aliphatic rings. The molecule has 0 radical (unpaired) electrons. The number of aromatic nitrogens is 2. The lowest BCUT2D eigenvalue weighted by Crippen LogP contribution is -1.97. The first-order valence-electron chi connectivity index (χ1n) is 6.60. The second-order valence-corrected chi connectivity index (χ2v) is 5.07. The van der Waals surface area contributed by atoms with Crippen LogP contribution in [0.25, 0.3) is 11.0 Å². The van der Waals surface area contributed by atoms with Crippen molar-refractivity contribution in [3.63, 3.8) is 0 Å². The van der Waals surface area contributed by atoms with Crippen LogP contribution in [0.5, 0.6) is 5.75 Å². The molecule has 0 bridgehead atoms. The molecular formula is C16H15ClN2O. The van der Waals surface area contributed by atoms with Crippen LogP contribution < -0.4 is 4.74 Å². The molecule has 1 N–H and O–H groups in total. The van der Waals surface area contributed by atoms with E-state index in [2.05, 4.69) is 29.0 Å². The molecule has 102 valence electrons. The fraction of sp³-hybridized carbons (Fsp3) is 0.188. The van der Waals surface area contributed by atoms with Gasteiger partial charge < -0.3 is 9.72 Å². The number of H-pyrrole nitrogens is 1. The highest BCUT2D eigenvalue weighted by molar-refractivity contribution is 6.30. The van der Waals surface area contributed by atoms with Crippen molar-refractivity contribution in [1.29, 1.82) is 0 Å². The Morgan fingerprint density at radius 1 is 1.15 bits per heavy atom. The monoisotopic (exact) mass is 286 g/mol. The van der Waals surface area contributed by atoms with Crippen LogP contribution in [0, 0.1) is 0 Å². The van der Waals surface area contributed by atoms with E-state index in [-0.39, 0.29) is 0 Å². The molecule has 0 unspecified atom stereocenters. The Hall–Kier alpha value is -2.00. The van der Waals surface area contributed by atoms with E-state index >= 15 is 0 Å². The van der Waals surface area contributed by atoms with Crippen molar-refractivity contribution in [2.24, 2.45) is 0 Å². The molecule has 0 atom stereocenters. The zero-order valence-corrected chi connectivity index (χ0v) is 11.9. The minimum atomic E-state index is 0.414. The Bertz CT molecular complexity index is 719. The van der Waals surface area contributed by atoms with Gasteiger partial charge in [-0.15, -0.1) is 0 Å². The van der Waals surface area contributed by atoms with Gasteiger partial charge in [0.15, 0.2) is 0 Å². The fourth-order valence-corrected chi connectivity index (χ4v) is 2.21. The lowest BCUT2D eigenvalue weighted by molar-refractivity contribution is 0.297. The van der Waals surface area contributed by atoms with E-state index in [0.717, 1.165) is 29.0 Å². The average Bonchev–Trinajstić information content (AvgIpc) is 2.88. The molecule has 3 aromatic rings. The topological polar surface area (TPSA) is 37.9 Å². The van der Waals surface area contributed by atoms with Crippen LogP contribution in [0.15, 0.2) is 42.5 Å². The molecule has 2 aromatic carbocycles. The zero-order chi connectivity index (χ0) is 13.9. The first kappa shape index (κ1) is 13.0. The van der Waals surface area contributed by atoms with E-state index in [4.69, 9.17) is 16.3 Å². The van der Waals surface area contributed by atoms with Gasteiger partial charge in [-0.1, -0.05) is 24.6 Å². The number of aryl methyl sites for hydroxylation is 1. The summed E-state index contributed by atoms with van der Waals surface area (Å²) in [6, 6.07) is 13.6. The first-order chi connectivity index (χ1) is 9.74. The van der Waals surface area contributed by atoms with E-state index in [0.29, 0.717) is 11.6 Å². The summed E-state index contributed by atoms with van der Waals surface area (Å²) in [7, 11) is 0. The number of hydrogen-bond acceptors (Lipinski definition) is 2. The quantitative estimate of drug-likeness (QED) is 0.774. The van der Waals surface area contributed by atoms with E-state index in [1.807, 2.05) is 30.3 Å². The highest BCUT2D eigenvalue weighted by Crippen LogP contribution is 2.18. The Labute approximate surface area is 122 Å². The number of benzene rings is 2. The second kappa shape index (κ2) is 5.55. The summed E-state index contributed by atoms with van der Waals surface area (Å²) in [5, 5.41) is 0.702. The van der Waals surface area contributed by atoms with E-state index < -0.39 is 0 Å². The molecule has 1 heterocycles. The number of nitrogens with one attached hydrogen (secondary N) is 1. The van der Waals surface area contributed by atoms with Gasteiger partial charge in [-0.3, -0.25) is 0 Å². The molecule has 0 aliphatic carbocycles. The fourth-order valence-electron chi connectivity index (χ4n) is 2.08. The van der Waals surface area contributed by atoms with E-state index in [1.54, 1.807) is 0 Å². The van der Waals surface area contributed by atoms with E-state index in [1.165, 1.54) is 5.56 Å². The lowest BCUT2D eigenvalue weighted by atomic mass is 10.1. The third-order valence-corrected chi connectivity index (χ3v) is 3.44. The summed E-state index contributed by atoms with van der Waals surface area (Å²) in [5.41, 5.74) is 3.32. The molecule has 0 fully saturated rings. The third kappa shape index (κ3) is 2.78. The Kier molecular flexibility index (Phi) is 3.61. The van der Waals surface area contributed by atoms with Crippen molar-refractivity contribution >= 4 is 22.6 Å². The summed E-state index contributed by atoms with van der Waals surface area (Å²) in [5.74, 6) is 1.60. The molecule has 3 nitrogen and oxygen atoms in total. The maximum absolute atomic E-state index is 5.84. The van der Waals surface area contributed by atoms with Crippen molar-refractivity contribution in [3.8, 4) is 5.75 Å². The predicted octanol–water partition coefficient (Wildman–Crippen LogP) is 4.36. The molecule has 20 heavy (non-hydrogen) atoms. The summed E-state index contributed by atoms with van der Waals surface area (Å²) in [6.07, 6.45) is 1.02. The van der Waals surface area contributed by atoms with Gasteiger partial charge in [0.05, 0.1) is 11.0 Å². The predicted molar refractivity (Wildman–Crippen MR) is 81.3 cm³/mol. The smallest absolute Gasteiger partial charge is 0.146 e. The van der Waals surface area contributed by atoms with Crippen LogP contribution in [0.3, 0.4) is 0 Å². The normalized spacial score (nSPS) is 10.9. The highest BCUT2D eigenvalue weighted by atomic mass is 35.5. The van der Waals surface area contributed by atoms with Crippen molar-refractivity contribution in [2.75, 3.05) is 0 Å². The Morgan fingerprint density at radius 3 is 2.70 bits per heavy atom. The van der Waals surface area contributed by atoms with E-state index in [9.17, 15) is 0 Å². The molecule has 0 spiro atoms. The van der Waals surface area contributed by atoms with Crippen LogP contribution in [-0.4, -0.2) is 9.97 Å². The minimum Gasteiger partial charge on any atom is -0.486 e. The van der Waals surface area contributed by atoms with Gasteiger partial charge >= 0.3 is 0 Å². The van der Waals surface area contributed by atoms with Crippen molar-refractivity contribution < 1.29 is 4.74 Å². The minimum absolute atomic E-state index is 0.414. The number of nitrogens with zero attached hydrogens (tertiary/aromatic N) is 1. The Balaban J connectivity index is 1.75. The van der Waals surface area contributed by atoms with Gasteiger partial charge in [0.2, 0.25) is 0 Å². The molecular weight excluding hydrogens is 272 g/mol. The van der Waals surface area contributed by atoms with Gasteiger partial charge in [-0.25, -0.2) is 4.98 Å². The van der Waals surface area contributed by atoms with Gasteiger partial charge in [-0.05, 0) is 48.4 Å². The number of imidazole rings is 1. The lowest BCUT2D eigenvalue weighted by Gasteiger charge is -2.03. The molecule has 4 heteroatoms. The molecule has 0 saturated heterocycles. The summed E-state index contributed by atoms with van der Waals surface area (Å²) in [4.78, 5) is 7.80. The number of halogens is 1. The maximum Gasteiger partial charge on any atom is 0.146 e. The number of fused-ring (bicyclic) bond motifs is 1. The maximum atomic E-state index is 5.84. The van der Waals surface area contributed by atoms with Gasteiger partial charge in [0.25, 0.3) is 0 Å². The van der Waals surface area contributed by atoms with Crippen LogP contribution in [-0.2, 0) is 13.0 Å². The third-order valence-electron chi connectivity index (χ3n) is 3.19. The van der Waals surface area contributed by atoms with Crippen LogP contribution in [0.2, 0.25) is 5.02 Å². The largest absolute Gasteiger partial charge is 0.486 e. The van der Waals surface area contributed by atoms with Crippen molar-refractivity contribution in [3.05, 3.63) is 58.9 Å². The number of ether oxygens (including phenoxy) is 1. The SMILES string of the molecule is CCc1ccc2nc(COc3ccc(Cl)cc3)[nH]c2c1. The van der Waals surface area contributed by atoms with Gasteiger partial charge in [0, 0.05) is 5.02 Å². The standard InChI is InChI=1S/C16H15ClN2O/c1-2-11-3-8-14-15(9-11)19-16(18-14)10-20-13-6-4-12(17)5-7-13/h3-9H,2,10H2,1H3,(H,18,19). The van der Waals surface area contributed by atoms with Gasteiger partial charge in [-0.2, -0.15) is 0 Å². The molecule has 1 aromatic heterocycles. The molecule has 0 saturated carbocycles. The summed E-state index contributed by atoms with van der Waals surface area (Å²) >= 11 is 5.84. The first-order valence-corrected chi connectivity index (χ1v) is 6.98. The Morgan fingerprint density at radius 2 is 1.95 bits per heavy atom. The zero-order valence-electron chi connectivity index (χ0n) is 11.2. The number of rotatable bonds is 4. The van der Waals surface area contributed by atoms with Crippen LogP contribution >= 0.6 is 11.6 Å². The van der Waals surface area contributed by atoms with Crippen molar-refractivity contribution in [1.82, 2.24) is 9.97 Å². The van der Waals surface area contributed by atoms with Gasteiger partial charge in [0.1, 0.15) is 18.2 Å². The van der Waals surface area contributed by atoms with Crippen molar-refractivity contribution in [2.45, 2.75) is 20.0 Å². The molecule has 3 rings (SSSR count). The van der Waals surface area contributed by atoms with Crippen LogP contribution in [0.1, 0.15) is 18.3 Å². The summed E-state index contributed by atoms with van der Waals surface area (Å²) in [6.45, 7) is 2.56. The highest BCUT2D eigenvalue weighted by Gasteiger charge is 2.04. The average molecular weight is 287 g/mol. The van der Waals surface area contributed by atoms with Crippen LogP contribution in [0.4, 0.5) is 0 Å². The summed E-state index contributed by atoms with van der Waals surface area (Å²) < 4.78 is 5.68. The number of aromatic amines is 1. The molecule has 0 aliphatic heterocycles. The number of hydrogen-bond donors (Lipinski definition) is 1. The molecule has 0 amide bonds. The second-order valence-electron chi connectivity index (χ2n) is 4.63.